The lowest BCUT2D eigenvalue weighted by molar-refractivity contribution is -0.143. The molecule has 0 spiro atoms. The van der Waals surface area contributed by atoms with Gasteiger partial charge in [0, 0.05) is 24.2 Å². The number of carbonyl (C=O) groups excluding carboxylic acids is 1. The van der Waals surface area contributed by atoms with Crippen molar-refractivity contribution in [1.82, 2.24) is 9.88 Å². The van der Waals surface area contributed by atoms with Crippen molar-refractivity contribution in [2.75, 3.05) is 20.2 Å². The molecule has 0 fully saturated rings. The van der Waals surface area contributed by atoms with Gasteiger partial charge in [0.25, 0.3) is 0 Å². The molecule has 1 rings (SSSR count). The van der Waals surface area contributed by atoms with Gasteiger partial charge >= 0.3 is 5.97 Å². The molecule has 0 amide bonds. The van der Waals surface area contributed by atoms with E-state index in [0.29, 0.717) is 24.0 Å². The van der Waals surface area contributed by atoms with Crippen molar-refractivity contribution in [2.45, 2.75) is 19.9 Å². The van der Waals surface area contributed by atoms with Crippen LogP contribution >= 0.6 is 22.9 Å². The smallest absolute Gasteiger partial charge is 0.307 e. The molecule has 0 unspecified atom stereocenters. The second-order valence-electron chi connectivity index (χ2n) is 3.37. The van der Waals surface area contributed by atoms with Crippen LogP contribution in [0.15, 0.2) is 6.20 Å². The molecular weight excluding hydrogens is 248 g/mol. The first-order valence-corrected chi connectivity index (χ1v) is 6.25. The summed E-state index contributed by atoms with van der Waals surface area (Å²) in [7, 11) is 1.95. The van der Waals surface area contributed by atoms with E-state index in [4.69, 9.17) is 16.3 Å². The minimum Gasteiger partial charge on any atom is -0.466 e. The fraction of sp³-hybridized carbons (Fsp3) is 0.600. The SMILES string of the molecule is CCOC(=O)CCN(C)Cc1cnc(Cl)s1. The fourth-order valence-corrected chi connectivity index (χ4v) is 2.28. The Morgan fingerprint density at radius 1 is 1.69 bits per heavy atom. The second-order valence-corrected chi connectivity index (χ2v) is 5.07. The lowest BCUT2D eigenvalue weighted by Gasteiger charge is -2.14. The normalized spacial score (nSPS) is 10.8. The topological polar surface area (TPSA) is 42.4 Å². The number of carbonyl (C=O) groups is 1. The number of halogens is 1. The maximum absolute atomic E-state index is 11.1. The number of esters is 1. The summed E-state index contributed by atoms with van der Waals surface area (Å²) in [5, 5.41) is 0. The lowest BCUT2D eigenvalue weighted by Crippen LogP contribution is -2.21. The van der Waals surface area contributed by atoms with E-state index in [1.165, 1.54) is 11.3 Å². The van der Waals surface area contributed by atoms with E-state index in [0.717, 1.165) is 11.4 Å². The van der Waals surface area contributed by atoms with Crippen molar-refractivity contribution >= 4 is 28.9 Å². The maximum atomic E-state index is 11.1. The number of ether oxygens (including phenoxy) is 1. The van der Waals surface area contributed by atoms with Crippen LogP contribution in [0.4, 0.5) is 0 Å². The monoisotopic (exact) mass is 262 g/mol. The lowest BCUT2D eigenvalue weighted by atomic mass is 10.4. The Morgan fingerprint density at radius 3 is 3.00 bits per heavy atom. The van der Waals surface area contributed by atoms with Crippen LogP contribution in [-0.4, -0.2) is 36.1 Å². The van der Waals surface area contributed by atoms with Gasteiger partial charge in [-0.15, -0.1) is 11.3 Å². The number of rotatable bonds is 6. The summed E-state index contributed by atoms with van der Waals surface area (Å²) < 4.78 is 5.40. The van der Waals surface area contributed by atoms with Gasteiger partial charge in [0.1, 0.15) is 0 Å². The van der Waals surface area contributed by atoms with Gasteiger partial charge in [0.15, 0.2) is 4.47 Å². The molecule has 0 N–H and O–H groups in total. The number of hydrogen-bond acceptors (Lipinski definition) is 5. The maximum Gasteiger partial charge on any atom is 0.307 e. The predicted molar refractivity (Wildman–Crippen MR) is 64.7 cm³/mol. The van der Waals surface area contributed by atoms with Gasteiger partial charge in [-0.3, -0.25) is 4.79 Å². The van der Waals surface area contributed by atoms with Crippen LogP contribution in [0.3, 0.4) is 0 Å². The summed E-state index contributed by atoms with van der Waals surface area (Å²) in [6.45, 7) is 3.67. The van der Waals surface area contributed by atoms with Crippen LogP contribution in [0.5, 0.6) is 0 Å². The molecule has 16 heavy (non-hydrogen) atoms. The van der Waals surface area contributed by atoms with E-state index in [9.17, 15) is 4.79 Å². The number of thiazole rings is 1. The zero-order valence-corrected chi connectivity index (χ0v) is 11.0. The number of hydrogen-bond donors (Lipinski definition) is 0. The largest absolute Gasteiger partial charge is 0.466 e. The molecule has 0 bridgehead atoms. The molecule has 1 aromatic heterocycles. The Hall–Kier alpha value is -0.650. The van der Waals surface area contributed by atoms with Crippen molar-refractivity contribution in [3.8, 4) is 0 Å². The average molecular weight is 263 g/mol. The zero-order chi connectivity index (χ0) is 12.0. The highest BCUT2D eigenvalue weighted by Crippen LogP contribution is 2.18. The Labute approximate surface area is 104 Å². The minimum absolute atomic E-state index is 0.156. The van der Waals surface area contributed by atoms with Crippen molar-refractivity contribution in [3.63, 3.8) is 0 Å². The molecule has 0 aromatic carbocycles. The minimum atomic E-state index is -0.156. The third-order valence-electron chi connectivity index (χ3n) is 1.95. The quantitative estimate of drug-likeness (QED) is 0.737. The first-order valence-electron chi connectivity index (χ1n) is 5.06. The molecule has 0 aliphatic heterocycles. The van der Waals surface area contributed by atoms with E-state index < -0.39 is 0 Å². The molecule has 1 aromatic rings. The molecule has 4 nitrogen and oxygen atoms in total. The predicted octanol–water partition coefficient (Wildman–Crippen LogP) is 2.18. The third-order valence-corrected chi connectivity index (χ3v) is 3.05. The molecule has 1 heterocycles. The summed E-state index contributed by atoms with van der Waals surface area (Å²) in [5.41, 5.74) is 0. The van der Waals surface area contributed by atoms with E-state index in [-0.39, 0.29) is 5.97 Å². The summed E-state index contributed by atoms with van der Waals surface area (Å²) in [4.78, 5) is 18.2. The fourth-order valence-electron chi connectivity index (χ4n) is 1.22. The van der Waals surface area contributed by atoms with Gasteiger partial charge in [-0.2, -0.15) is 0 Å². The van der Waals surface area contributed by atoms with Gasteiger partial charge in [-0.1, -0.05) is 11.6 Å². The van der Waals surface area contributed by atoms with Crippen molar-refractivity contribution in [2.24, 2.45) is 0 Å². The molecular formula is C10H15ClN2O2S. The van der Waals surface area contributed by atoms with Crippen LogP contribution in [-0.2, 0) is 16.1 Å². The van der Waals surface area contributed by atoms with Crippen LogP contribution in [0.1, 0.15) is 18.2 Å². The molecule has 0 saturated carbocycles. The first kappa shape index (κ1) is 13.4. The van der Waals surface area contributed by atoms with Gasteiger partial charge in [-0.05, 0) is 14.0 Å². The summed E-state index contributed by atoms with van der Waals surface area (Å²) in [6.07, 6.45) is 2.17. The van der Waals surface area contributed by atoms with Crippen molar-refractivity contribution < 1.29 is 9.53 Å². The van der Waals surface area contributed by atoms with Crippen LogP contribution in [0.2, 0.25) is 4.47 Å². The molecule has 90 valence electrons. The highest BCUT2D eigenvalue weighted by Gasteiger charge is 2.07. The van der Waals surface area contributed by atoms with Gasteiger partial charge in [-0.25, -0.2) is 4.98 Å². The summed E-state index contributed by atoms with van der Waals surface area (Å²) in [5.74, 6) is -0.156. The molecule has 0 aliphatic rings. The van der Waals surface area contributed by atoms with Crippen molar-refractivity contribution in [3.05, 3.63) is 15.5 Å². The van der Waals surface area contributed by atoms with E-state index in [2.05, 4.69) is 4.98 Å². The van der Waals surface area contributed by atoms with E-state index in [1.54, 1.807) is 13.1 Å². The average Bonchev–Trinajstić information content (AvgIpc) is 2.61. The highest BCUT2D eigenvalue weighted by molar-refractivity contribution is 7.15. The summed E-state index contributed by atoms with van der Waals surface area (Å²) >= 11 is 7.18. The Morgan fingerprint density at radius 2 is 2.44 bits per heavy atom. The van der Waals surface area contributed by atoms with Crippen LogP contribution < -0.4 is 0 Å². The molecule has 0 radical (unpaired) electrons. The standard InChI is InChI=1S/C10H15ClN2O2S/c1-3-15-9(14)4-5-13(2)7-8-6-12-10(11)16-8/h6H,3-5,7H2,1-2H3. The Bertz CT molecular complexity index is 343. The van der Waals surface area contributed by atoms with E-state index in [1.807, 2.05) is 11.9 Å². The van der Waals surface area contributed by atoms with Gasteiger partial charge in [0.05, 0.1) is 13.0 Å². The Balaban J connectivity index is 2.25. The van der Waals surface area contributed by atoms with E-state index >= 15 is 0 Å². The number of nitrogens with zero attached hydrogens (tertiary/aromatic N) is 2. The summed E-state index contributed by atoms with van der Waals surface area (Å²) in [6, 6.07) is 0. The van der Waals surface area contributed by atoms with Crippen LogP contribution in [0.25, 0.3) is 0 Å². The molecule has 6 heteroatoms. The van der Waals surface area contributed by atoms with Crippen LogP contribution in [0, 0.1) is 0 Å². The number of aromatic nitrogens is 1. The first-order chi connectivity index (χ1) is 7.61. The molecule has 0 aliphatic carbocycles. The second kappa shape index (κ2) is 6.83. The zero-order valence-electron chi connectivity index (χ0n) is 9.40. The molecule has 0 atom stereocenters. The Kier molecular flexibility index (Phi) is 5.73. The molecule has 0 saturated heterocycles. The van der Waals surface area contributed by atoms with Crippen molar-refractivity contribution in [1.29, 1.82) is 0 Å². The highest BCUT2D eigenvalue weighted by atomic mass is 35.5. The van der Waals surface area contributed by atoms with Gasteiger partial charge in [0.2, 0.25) is 0 Å². The van der Waals surface area contributed by atoms with Gasteiger partial charge < -0.3 is 9.64 Å². The third kappa shape index (κ3) is 4.92.